The molecule has 2 rings (SSSR count). The molecule has 1 fully saturated rings. The van der Waals surface area contributed by atoms with E-state index in [2.05, 4.69) is 10.6 Å². The molecule has 0 bridgehead atoms. The van der Waals surface area contributed by atoms with Crippen LogP contribution in [0.5, 0.6) is 0 Å². The van der Waals surface area contributed by atoms with Crippen molar-refractivity contribution in [2.24, 2.45) is 5.92 Å². The molecule has 2 amide bonds. The number of carboxylic acids is 1. The van der Waals surface area contributed by atoms with Gasteiger partial charge >= 0.3 is 12.0 Å². The second-order valence-corrected chi connectivity index (χ2v) is 5.29. The predicted molar refractivity (Wildman–Crippen MR) is 78.7 cm³/mol. The minimum Gasteiger partial charge on any atom is -0.478 e. The smallest absolute Gasteiger partial charge is 0.335 e. The summed E-state index contributed by atoms with van der Waals surface area (Å²) in [6.45, 7) is 5.09. The van der Waals surface area contributed by atoms with Crippen LogP contribution in [0.1, 0.15) is 29.3 Å². The lowest BCUT2D eigenvalue weighted by molar-refractivity contribution is 0.0697. The number of amides is 2. The Kier molecular flexibility index (Phi) is 4.80. The molecule has 3 N–H and O–H groups in total. The van der Waals surface area contributed by atoms with E-state index in [4.69, 9.17) is 9.84 Å². The van der Waals surface area contributed by atoms with Gasteiger partial charge < -0.3 is 20.5 Å². The summed E-state index contributed by atoms with van der Waals surface area (Å²) in [6.07, 6.45) is 1.09. The molecule has 114 valence electrons. The summed E-state index contributed by atoms with van der Waals surface area (Å²) in [5, 5.41) is 14.5. The van der Waals surface area contributed by atoms with Crippen LogP contribution in [0.15, 0.2) is 18.2 Å². The molecule has 1 saturated heterocycles. The van der Waals surface area contributed by atoms with Crippen molar-refractivity contribution in [1.82, 2.24) is 5.32 Å². The maximum atomic E-state index is 11.9. The number of hydrogen-bond donors (Lipinski definition) is 3. The van der Waals surface area contributed by atoms with Gasteiger partial charge in [-0.1, -0.05) is 6.07 Å². The molecule has 2 atom stereocenters. The monoisotopic (exact) mass is 292 g/mol. The standard InChI is InChI=1S/C15H20N2O4/c1-9-3-4-11(14(18)19)7-13(9)17-15(20)16-8-12-5-6-21-10(12)2/h3-4,7,10,12H,5-6,8H2,1-2H3,(H,18,19)(H2,16,17,20). The fourth-order valence-electron chi connectivity index (χ4n) is 2.32. The molecule has 1 aliphatic rings. The summed E-state index contributed by atoms with van der Waals surface area (Å²) < 4.78 is 5.44. The van der Waals surface area contributed by atoms with Crippen molar-refractivity contribution < 1.29 is 19.4 Å². The van der Waals surface area contributed by atoms with Crippen molar-refractivity contribution >= 4 is 17.7 Å². The summed E-state index contributed by atoms with van der Waals surface area (Å²) >= 11 is 0. The zero-order valence-corrected chi connectivity index (χ0v) is 12.2. The molecular formula is C15H20N2O4. The first-order chi connectivity index (χ1) is 9.97. The molecule has 1 heterocycles. The lowest BCUT2D eigenvalue weighted by atomic mass is 10.0. The number of benzene rings is 1. The number of hydrogen-bond acceptors (Lipinski definition) is 3. The zero-order chi connectivity index (χ0) is 15.4. The molecule has 21 heavy (non-hydrogen) atoms. The third-order valence-electron chi connectivity index (χ3n) is 3.79. The van der Waals surface area contributed by atoms with Crippen LogP contribution in [-0.2, 0) is 4.74 Å². The summed E-state index contributed by atoms with van der Waals surface area (Å²) in [7, 11) is 0. The van der Waals surface area contributed by atoms with Crippen LogP contribution >= 0.6 is 0 Å². The highest BCUT2D eigenvalue weighted by Crippen LogP contribution is 2.20. The average molecular weight is 292 g/mol. The van der Waals surface area contributed by atoms with Gasteiger partial charge in [0.25, 0.3) is 0 Å². The normalized spacial score (nSPS) is 21.0. The number of carbonyl (C=O) groups excluding carboxylic acids is 1. The van der Waals surface area contributed by atoms with Crippen LogP contribution in [0, 0.1) is 12.8 Å². The molecule has 1 aliphatic heterocycles. The summed E-state index contributed by atoms with van der Waals surface area (Å²) in [6, 6.07) is 4.31. The first-order valence-electron chi connectivity index (χ1n) is 6.97. The lowest BCUT2D eigenvalue weighted by Gasteiger charge is -2.16. The summed E-state index contributed by atoms with van der Waals surface area (Å²) in [5.41, 5.74) is 1.46. The minimum atomic E-state index is -1.02. The molecule has 2 unspecified atom stereocenters. The van der Waals surface area contributed by atoms with Crippen LogP contribution < -0.4 is 10.6 Å². The van der Waals surface area contributed by atoms with Gasteiger partial charge in [0.15, 0.2) is 0 Å². The van der Waals surface area contributed by atoms with Gasteiger partial charge in [-0.15, -0.1) is 0 Å². The number of rotatable bonds is 4. The van der Waals surface area contributed by atoms with E-state index in [9.17, 15) is 9.59 Å². The van der Waals surface area contributed by atoms with E-state index in [1.807, 2.05) is 13.8 Å². The SMILES string of the molecule is Cc1ccc(C(=O)O)cc1NC(=O)NCC1CCOC1C. The van der Waals surface area contributed by atoms with E-state index < -0.39 is 5.97 Å². The van der Waals surface area contributed by atoms with E-state index >= 15 is 0 Å². The Labute approximate surface area is 123 Å². The number of carbonyl (C=O) groups is 2. The van der Waals surface area contributed by atoms with Crippen molar-refractivity contribution in [3.63, 3.8) is 0 Å². The Bertz CT molecular complexity index is 544. The first-order valence-corrected chi connectivity index (χ1v) is 6.97. The van der Waals surface area contributed by atoms with Gasteiger partial charge in [0, 0.05) is 24.8 Å². The van der Waals surface area contributed by atoms with E-state index in [1.165, 1.54) is 12.1 Å². The second-order valence-electron chi connectivity index (χ2n) is 5.29. The predicted octanol–water partition coefficient (Wildman–Crippen LogP) is 2.24. The van der Waals surface area contributed by atoms with Crippen LogP contribution in [-0.4, -0.2) is 36.4 Å². The van der Waals surface area contributed by atoms with Crippen LogP contribution in [0.2, 0.25) is 0 Å². The van der Waals surface area contributed by atoms with Gasteiger partial charge in [0.1, 0.15) is 0 Å². The molecule has 0 aromatic heterocycles. The molecular weight excluding hydrogens is 272 g/mol. The topological polar surface area (TPSA) is 87.7 Å². The molecule has 1 aromatic carbocycles. The van der Waals surface area contributed by atoms with E-state index in [1.54, 1.807) is 6.07 Å². The fraction of sp³-hybridized carbons (Fsp3) is 0.467. The zero-order valence-electron chi connectivity index (χ0n) is 12.2. The first kappa shape index (κ1) is 15.3. The number of urea groups is 1. The van der Waals surface area contributed by atoms with Crippen molar-refractivity contribution in [3.05, 3.63) is 29.3 Å². The Balaban J connectivity index is 1.93. The number of carboxylic acid groups (broad SMARTS) is 1. The van der Waals surface area contributed by atoms with Crippen LogP contribution in [0.4, 0.5) is 10.5 Å². The highest BCUT2D eigenvalue weighted by molar-refractivity contribution is 5.93. The molecule has 0 radical (unpaired) electrons. The maximum Gasteiger partial charge on any atom is 0.335 e. The maximum absolute atomic E-state index is 11.9. The largest absolute Gasteiger partial charge is 0.478 e. The summed E-state index contributed by atoms with van der Waals surface area (Å²) in [4.78, 5) is 22.8. The quantitative estimate of drug-likeness (QED) is 0.794. The number of nitrogens with one attached hydrogen (secondary N) is 2. The Hall–Kier alpha value is -2.08. The van der Waals surface area contributed by atoms with Gasteiger partial charge in [-0.3, -0.25) is 0 Å². The molecule has 0 spiro atoms. The number of anilines is 1. The Morgan fingerprint density at radius 3 is 2.81 bits per heavy atom. The number of aromatic carboxylic acids is 1. The molecule has 6 nitrogen and oxygen atoms in total. The van der Waals surface area contributed by atoms with Crippen molar-refractivity contribution in [1.29, 1.82) is 0 Å². The van der Waals surface area contributed by atoms with Crippen molar-refractivity contribution in [3.8, 4) is 0 Å². The number of aryl methyl sites for hydroxylation is 1. The van der Waals surface area contributed by atoms with Crippen LogP contribution in [0.25, 0.3) is 0 Å². The van der Waals surface area contributed by atoms with Crippen molar-refractivity contribution in [2.45, 2.75) is 26.4 Å². The van der Waals surface area contributed by atoms with E-state index in [-0.39, 0.29) is 17.7 Å². The Morgan fingerprint density at radius 2 is 2.19 bits per heavy atom. The van der Waals surface area contributed by atoms with Gasteiger partial charge in [0.2, 0.25) is 0 Å². The third-order valence-corrected chi connectivity index (χ3v) is 3.79. The number of ether oxygens (including phenoxy) is 1. The van der Waals surface area contributed by atoms with Gasteiger partial charge in [-0.05, 0) is 38.0 Å². The lowest BCUT2D eigenvalue weighted by Crippen LogP contribution is -2.35. The molecule has 0 saturated carbocycles. The summed E-state index contributed by atoms with van der Waals surface area (Å²) in [5.74, 6) is -0.697. The molecule has 0 aliphatic carbocycles. The third kappa shape index (κ3) is 3.95. The molecule has 1 aromatic rings. The van der Waals surface area contributed by atoms with Gasteiger partial charge in [-0.2, -0.15) is 0 Å². The van der Waals surface area contributed by atoms with Gasteiger partial charge in [0.05, 0.1) is 11.7 Å². The fourth-order valence-corrected chi connectivity index (χ4v) is 2.32. The van der Waals surface area contributed by atoms with E-state index in [0.29, 0.717) is 18.2 Å². The van der Waals surface area contributed by atoms with Crippen molar-refractivity contribution in [2.75, 3.05) is 18.5 Å². The minimum absolute atomic E-state index is 0.147. The van der Waals surface area contributed by atoms with Gasteiger partial charge in [-0.25, -0.2) is 9.59 Å². The average Bonchev–Trinajstić information content (AvgIpc) is 2.84. The van der Waals surface area contributed by atoms with Crippen LogP contribution in [0.3, 0.4) is 0 Å². The van der Waals surface area contributed by atoms with E-state index in [0.717, 1.165) is 18.6 Å². The second kappa shape index (κ2) is 6.58. The Morgan fingerprint density at radius 1 is 1.43 bits per heavy atom. The molecule has 6 heteroatoms. The highest BCUT2D eigenvalue weighted by atomic mass is 16.5. The highest BCUT2D eigenvalue weighted by Gasteiger charge is 2.24.